The highest BCUT2D eigenvalue weighted by Crippen LogP contribution is 2.24. The van der Waals surface area contributed by atoms with Gasteiger partial charge in [-0.3, -0.25) is 4.79 Å². The minimum atomic E-state index is -0.300. The van der Waals surface area contributed by atoms with Crippen LogP contribution in [0.5, 0.6) is 5.75 Å². The molecule has 126 valence electrons. The van der Waals surface area contributed by atoms with Crippen LogP contribution in [0, 0.1) is 5.92 Å². The fourth-order valence-corrected chi connectivity index (χ4v) is 2.77. The van der Waals surface area contributed by atoms with E-state index in [9.17, 15) is 4.79 Å². The number of carbonyl (C=O) groups excluding carboxylic acids is 1. The SMILES string of the molecule is COc1ccccc1NC(=O)c1cnc(N2CCC(C)CC2)cn1. The number of amides is 1. The lowest BCUT2D eigenvalue weighted by Crippen LogP contribution is -2.33. The first kappa shape index (κ1) is 16.2. The molecule has 1 saturated heterocycles. The van der Waals surface area contributed by atoms with Crippen molar-refractivity contribution in [3.05, 3.63) is 42.4 Å². The highest BCUT2D eigenvalue weighted by Gasteiger charge is 2.18. The molecule has 3 rings (SSSR count). The average Bonchev–Trinajstić information content (AvgIpc) is 2.63. The first-order chi connectivity index (χ1) is 11.7. The predicted molar refractivity (Wildman–Crippen MR) is 93.6 cm³/mol. The summed E-state index contributed by atoms with van der Waals surface area (Å²) in [6.45, 7) is 4.25. The number of rotatable bonds is 4. The molecule has 1 fully saturated rings. The number of aromatic nitrogens is 2. The standard InChI is InChI=1S/C18H22N4O2/c1-13-7-9-22(10-8-13)17-12-19-15(11-20-17)18(23)21-14-5-3-4-6-16(14)24-2/h3-6,11-13H,7-10H2,1-2H3,(H,21,23). The third-order valence-corrected chi connectivity index (χ3v) is 4.33. The molecule has 2 aromatic rings. The zero-order valence-corrected chi connectivity index (χ0v) is 14.0. The summed E-state index contributed by atoms with van der Waals surface area (Å²) in [5.41, 5.74) is 0.899. The maximum atomic E-state index is 12.3. The van der Waals surface area contributed by atoms with Crippen LogP contribution in [0.15, 0.2) is 36.7 Å². The number of carbonyl (C=O) groups is 1. The lowest BCUT2D eigenvalue weighted by Gasteiger charge is -2.30. The second-order valence-corrected chi connectivity index (χ2v) is 6.08. The Morgan fingerprint density at radius 1 is 1.21 bits per heavy atom. The van der Waals surface area contributed by atoms with E-state index in [-0.39, 0.29) is 11.6 Å². The highest BCUT2D eigenvalue weighted by atomic mass is 16.5. The van der Waals surface area contributed by atoms with Gasteiger partial charge in [-0.05, 0) is 30.9 Å². The van der Waals surface area contributed by atoms with Crippen molar-refractivity contribution in [1.82, 2.24) is 9.97 Å². The van der Waals surface area contributed by atoms with Crippen molar-refractivity contribution in [2.75, 3.05) is 30.4 Å². The number of benzene rings is 1. The normalized spacial score (nSPS) is 15.2. The zero-order valence-electron chi connectivity index (χ0n) is 14.0. The minimum Gasteiger partial charge on any atom is -0.495 e. The molecular weight excluding hydrogens is 304 g/mol. The van der Waals surface area contributed by atoms with Crippen LogP contribution in [0.4, 0.5) is 11.5 Å². The quantitative estimate of drug-likeness (QED) is 0.935. The minimum absolute atomic E-state index is 0.287. The highest BCUT2D eigenvalue weighted by molar-refractivity contribution is 6.03. The maximum absolute atomic E-state index is 12.3. The molecule has 0 bridgehead atoms. The van der Waals surface area contributed by atoms with Crippen LogP contribution in [0.25, 0.3) is 0 Å². The molecule has 0 unspecified atom stereocenters. The monoisotopic (exact) mass is 326 g/mol. The van der Waals surface area contributed by atoms with Gasteiger partial charge in [0.25, 0.3) is 5.91 Å². The zero-order chi connectivity index (χ0) is 16.9. The van der Waals surface area contributed by atoms with Crippen molar-refractivity contribution < 1.29 is 9.53 Å². The summed E-state index contributed by atoms with van der Waals surface area (Å²) in [7, 11) is 1.57. The van der Waals surface area contributed by atoms with Gasteiger partial charge < -0.3 is 15.0 Å². The second kappa shape index (κ2) is 7.29. The number of ether oxygens (including phenoxy) is 1. The molecule has 0 aliphatic carbocycles. The Hall–Kier alpha value is -2.63. The molecule has 6 heteroatoms. The van der Waals surface area contributed by atoms with Crippen LogP contribution < -0.4 is 15.0 Å². The first-order valence-electron chi connectivity index (χ1n) is 8.18. The average molecular weight is 326 g/mol. The van der Waals surface area contributed by atoms with E-state index in [4.69, 9.17) is 4.74 Å². The van der Waals surface area contributed by atoms with Crippen LogP contribution in [0.1, 0.15) is 30.3 Å². The van der Waals surface area contributed by atoms with Gasteiger partial charge in [-0.25, -0.2) is 9.97 Å². The number of hydrogen-bond acceptors (Lipinski definition) is 5. The summed E-state index contributed by atoms with van der Waals surface area (Å²) < 4.78 is 5.23. The van der Waals surface area contributed by atoms with Crippen molar-refractivity contribution >= 4 is 17.4 Å². The van der Waals surface area contributed by atoms with Crippen molar-refractivity contribution in [2.45, 2.75) is 19.8 Å². The number of para-hydroxylation sites is 2. The number of hydrogen-bond donors (Lipinski definition) is 1. The predicted octanol–water partition coefficient (Wildman–Crippen LogP) is 2.97. The summed E-state index contributed by atoms with van der Waals surface area (Å²) in [6.07, 6.45) is 5.53. The van der Waals surface area contributed by atoms with Gasteiger partial charge in [-0.15, -0.1) is 0 Å². The Labute approximate surface area is 141 Å². The van der Waals surface area contributed by atoms with E-state index < -0.39 is 0 Å². The third-order valence-electron chi connectivity index (χ3n) is 4.33. The fraction of sp³-hybridized carbons (Fsp3) is 0.389. The third kappa shape index (κ3) is 3.64. The van der Waals surface area contributed by atoms with Crippen molar-refractivity contribution in [3.63, 3.8) is 0 Å². The van der Waals surface area contributed by atoms with Gasteiger partial charge in [-0.2, -0.15) is 0 Å². The molecule has 2 heterocycles. The van der Waals surface area contributed by atoms with Crippen molar-refractivity contribution in [3.8, 4) is 5.75 Å². The number of methoxy groups -OCH3 is 1. The first-order valence-corrected chi connectivity index (χ1v) is 8.18. The summed E-state index contributed by atoms with van der Waals surface area (Å²) in [5, 5.41) is 2.80. The molecule has 24 heavy (non-hydrogen) atoms. The van der Waals surface area contributed by atoms with Crippen LogP contribution in [0.3, 0.4) is 0 Å². The van der Waals surface area contributed by atoms with Crippen LogP contribution in [0.2, 0.25) is 0 Å². The van der Waals surface area contributed by atoms with E-state index in [1.54, 1.807) is 25.4 Å². The van der Waals surface area contributed by atoms with E-state index in [2.05, 4.69) is 27.1 Å². The number of nitrogens with one attached hydrogen (secondary N) is 1. The largest absolute Gasteiger partial charge is 0.495 e. The van der Waals surface area contributed by atoms with Crippen LogP contribution >= 0.6 is 0 Å². The summed E-state index contributed by atoms with van der Waals surface area (Å²) in [5.74, 6) is 1.90. The van der Waals surface area contributed by atoms with E-state index in [0.29, 0.717) is 11.4 Å². The molecule has 1 amide bonds. The van der Waals surface area contributed by atoms with Gasteiger partial charge >= 0.3 is 0 Å². The molecule has 1 aliphatic heterocycles. The number of nitrogens with zero attached hydrogens (tertiary/aromatic N) is 3. The van der Waals surface area contributed by atoms with Crippen LogP contribution in [-0.2, 0) is 0 Å². The smallest absolute Gasteiger partial charge is 0.275 e. The Morgan fingerprint density at radius 3 is 2.62 bits per heavy atom. The fourth-order valence-electron chi connectivity index (χ4n) is 2.77. The topological polar surface area (TPSA) is 67.3 Å². The lowest BCUT2D eigenvalue weighted by atomic mass is 9.99. The Bertz CT molecular complexity index is 694. The molecule has 0 radical (unpaired) electrons. The molecule has 1 aliphatic rings. The van der Waals surface area contributed by atoms with Crippen LogP contribution in [-0.4, -0.2) is 36.1 Å². The Kier molecular flexibility index (Phi) is 4.93. The number of piperidine rings is 1. The molecule has 1 N–H and O–H groups in total. The van der Waals surface area contributed by atoms with Gasteiger partial charge in [0.2, 0.25) is 0 Å². The van der Waals surface area contributed by atoms with Gasteiger partial charge in [0.05, 0.1) is 25.2 Å². The summed E-state index contributed by atoms with van der Waals surface area (Å²) in [4.78, 5) is 23.2. The summed E-state index contributed by atoms with van der Waals surface area (Å²) >= 11 is 0. The van der Waals surface area contributed by atoms with Crippen molar-refractivity contribution in [1.29, 1.82) is 0 Å². The molecule has 6 nitrogen and oxygen atoms in total. The molecule has 0 saturated carbocycles. The van der Waals surface area contributed by atoms with E-state index in [1.165, 1.54) is 6.20 Å². The molecule has 0 atom stereocenters. The lowest BCUT2D eigenvalue weighted by molar-refractivity contribution is 0.102. The van der Waals surface area contributed by atoms with E-state index in [1.807, 2.05) is 12.1 Å². The van der Waals surface area contributed by atoms with E-state index >= 15 is 0 Å². The van der Waals surface area contributed by atoms with Gasteiger partial charge in [0.1, 0.15) is 17.3 Å². The number of anilines is 2. The molecule has 1 aromatic carbocycles. The van der Waals surface area contributed by atoms with Gasteiger partial charge in [0.15, 0.2) is 0 Å². The van der Waals surface area contributed by atoms with E-state index in [0.717, 1.165) is 37.7 Å². The molecule has 0 spiro atoms. The Balaban J connectivity index is 1.68. The molecular formula is C18H22N4O2. The van der Waals surface area contributed by atoms with Gasteiger partial charge in [-0.1, -0.05) is 19.1 Å². The summed E-state index contributed by atoms with van der Waals surface area (Å²) in [6, 6.07) is 7.27. The van der Waals surface area contributed by atoms with Crippen molar-refractivity contribution in [2.24, 2.45) is 5.92 Å². The maximum Gasteiger partial charge on any atom is 0.275 e. The van der Waals surface area contributed by atoms with Gasteiger partial charge in [0, 0.05) is 13.1 Å². The Morgan fingerprint density at radius 2 is 1.96 bits per heavy atom. The second-order valence-electron chi connectivity index (χ2n) is 6.08. The molecule has 1 aromatic heterocycles.